The first-order valence-electron chi connectivity index (χ1n) is 5.67. The van der Waals surface area contributed by atoms with Crippen LogP contribution in [0.5, 0.6) is 0 Å². The average molecular weight is 328 g/mol. The summed E-state index contributed by atoms with van der Waals surface area (Å²) >= 11 is 5.02. The van der Waals surface area contributed by atoms with Crippen LogP contribution in [0.15, 0.2) is 28.7 Å². The fraction of sp³-hybridized carbons (Fsp3) is 0.333. The Morgan fingerprint density at radius 1 is 1.28 bits per heavy atom. The van der Waals surface area contributed by atoms with Gasteiger partial charge in [-0.1, -0.05) is 45.5 Å². The van der Waals surface area contributed by atoms with Crippen LogP contribution in [-0.2, 0) is 18.0 Å². The molecule has 1 aromatic carbocycles. The Labute approximate surface area is 119 Å². The van der Waals surface area contributed by atoms with Gasteiger partial charge in [0.1, 0.15) is 11.6 Å². The molecule has 0 unspecified atom stereocenters. The molecule has 1 aromatic heterocycles. The minimum absolute atomic E-state index is 0.490. The van der Waals surface area contributed by atoms with Crippen molar-refractivity contribution in [2.24, 2.45) is 0 Å². The SMILES string of the molecule is CCNc1nnc(COCc2ccccc2Br)s1. The van der Waals surface area contributed by atoms with E-state index in [1.807, 2.05) is 31.2 Å². The summed E-state index contributed by atoms with van der Waals surface area (Å²) in [4.78, 5) is 0. The van der Waals surface area contributed by atoms with Crippen molar-refractivity contribution in [2.75, 3.05) is 11.9 Å². The van der Waals surface area contributed by atoms with Crippen LogP contribution in [0.3, 0.4) is 0 Å². The van der Waals surface area contributed by atoms with E-state index in [0.29, 0.717) is 13.2 Å². The van der Waals surface area contributed by atoms with Crippen LogP contribution in [0.2, 0.25) is 0 Å². The van der Waals surface area contributed by atoms with Crippen molar-refractivity contribution >= 4 is 32.4 Å². The number of nitrogens with zero attached hydrogens (tertiary/aromatic N) is 2. The van der Waals surface area contributed by atoms with Crippen molar-refractivity contribution in [1.29, 1.82) is 0 Å². The molecule has 4 nitrogen and oxygen atoms in total. The Hall–Kier alpha value is -0.980. The fourth-order valence-corrected chi connectivity index (χ4v) is 2.54. The Kier molecular flexibility index (Phi) is 5.10. The molecule has 0 saturated heterocycles. The first-order chi connectivity index (χ1) is 8.79. The third-order valence-electron chi connectivity index (χ3n) is 2.24. The third-order valence-corrected chi connectivity index (χ3v) is 3.86. The molecule has 2 aromatic rings. The molecule has 0 saturated carbocycles. The number of benzene rings is 1. The van der Waals surface area contributed by atoms with Gasteiger partial charge >= 0.3 is 0 Å². The van der Waals surface area contributed by atoms with Gasteiger partial charge in [-0.05, 0) is 18.6 Å². The summed E-state index contributed by atoms with van der Waals surface area (Å²) < 4.78 is 6.69. The van der Waals surface area contributed by atoms with Gasteiger partial charge in [0.2, 0.25) is 5.13 Å². The predicted octanol–water partition coefficient (Wildman–Crippen LogP) is 3.45. The van der Waals surface area contributed by atoms with Gasteiger partial charge < -0.3 is 10.1 Å². The minimum Gasteiger partial charge on any atom is -0.369 e. The number of aromatic nitrogens is 2. The average Bonchev–Trinajstić information content (AvgIpc) is 2.80. The van der Waals surface area contributed by atoms with E-state index >= 15 is 0 Å². The summed E-state index contributed by atoms with van der Waals surface area (Å²) in [5.41, 5.74) is 1.13. The molecule has 1 heterocycles. The number of hydrogen-bond donors (Lipinski definition) is 1. The second-order valence-electron chi connectivity index (χ2n) is 3.62. The fourth-order valence-electron chi connectivity index (χ4n) is 1.40. The molecular weight excluding hydrogens is 314 g/mol. The number of rotatable bonds is 6. The number of hydrogen-bond acceptors (Lipinski definition) is 5. The predicted molar refractivity (Wildman–Crippen MR) is 76.7 cm³/mol. The third kappa shape index (κ3) is 3.76. The van der Waals surface area contributed by atoms with Crippen molar-refractivity contribution < 1.29 is 4.74 Å². The molecule has 0 bridgehead atoms. The highest BCUT2D eigenvalue weighted by atomic mass is 79.9. The highest BCUT2D eigenvalue weighted by Crippen LogP contribution is 2.19. The smallest absolute Gasteiger partial charge is 0.205 e. The summed E-state index contributed by atoms with van der Waals surface area (Å²) in [5, 5.41) is 12.9. The van der Waals surface area contributed by atoms with Crippen LogP contribution in [0.4, 0.5) is 5.13 Å². The Morgan fingerprint density at radius 3 is 2.89 bits per heavy atom. The zero-order valence-electron chi connectivity index (χ0n) is 10.0. The largest absolute Gasteiger partial charge is 0.369 e. The maximum Gasteiger partial charge on any atom is 0.205 e. The van der Waals surface area contributed by atoms with Gasteiger partial charge in [0, 0.05) is 11.0 Å². The van der Waals surface area contributed by atoms with Crippen LogP contribution in [0.1, 0.15) is 17.5 Å². The quantitative estimate of drug-likeness (QED) is 0.882. The molecule has 0 amide bonds. The summed E-state index contributed by atoms with van der Waals surface area (Å²) in [5.74, 6) is 0. The molecule has 0 fully saturated rings. The number of nitrogens with one attached hydrogen (secondary N) is 1. The number of anilines is 1. The second kappa shape index (κ2) is 6.82. The van der Waals surface area contributed by atoms with Crippen molar-refractivity contribution in [2.45, 2.75) is 20.1 Å². The van der Waals surface area contributed by atoms with Gasteiger partial charge in [0.25, 0.3) is 0 Å². The molecule has 96 valence electrons. The lowest BCUT2D eigenvalue weighted by Crippen LogP contribution is -1.94. The topological polar surface area (TPSA) is 47.0 Å². The molecule has 0 spiro atoms. The van der Waals surface area contributed by atoms with Gasteiger partial charge in [-0.15, -0.1) is 10.2 Å². The van der Waals surface area contributed by atoms with E-state index in [4.69, 9.17) is 4.74 Å². The highest BCUT2D eigenvalue weighted by molar-refractivity contribution is 9.10. The maximum absolute atomic E-state index is 5.63. The lowest BCUT2D eigenvalue weighted by molar-refractivity contribution is 0.106. The highest BCUT2D eigenvalue weighted by Gasteiger charge is 2.04. The van der Waals surface area contributed by atoms with E-state index in [-0.39, 0.29) is 0 Å². The Bertz CT molecular complexity index is 504. The zero-order valence-corrected chi connectivity index (χ0v) is 12.4. The van der Waals surface area contributed by atoms with E-state index in [9.17, 15) is 0 Å². The molecule has 0 atom stereocenters. The van der Waals surface area contributed by atoms with Gasteiger partial charge in [-0.2, -0.15) is 0 Å². The lowest BCUT2D eigenvalue weighted by Gasteiger charge is -2.04. The summed E-state index contributed by atoms with van der Waals surface area (Å²) in [6, 6.07) is 8.03. The first-order valence-corrected chi connectivity index (χ1v) is 7.28. The van der Waals surface area contributed by atoms with Crippen LogP contribution in [0, 0.1) is 0 Å². The van der Waals surface area contributed by atoms with Crippen LogP contribution in [-0.4, -0.2) is 16.7 Å². The summed E-state index contributed by atoms with van der Waals surface area (Å²) in [6.45, 7) is 3.94. The van der Waals surface area contributed by atoms with Crippen LogP contribution < -0.4 is 5.32 Å². The molecule has 0 aliphatic carbocycles. The van der Waals surface area contributed by atoms with Gasteiger partial charge in [0.05, 0.1) is 6.61 Å². The maximum atomic E-state index is 5.63. The van der Waals surface area contributed by atoms with E-state index < -0.39 is 0 Å². The summed E-state index contributed by atoms with van der Waals surface area (Å²) in [7, 11) is 0. The molecule has 18 heavy (non-hydrogen) atoms. The zero-order chi connectivity index (χ0) is 12.8. The standard InChI is InChI=1S/C12H14BrN3OS/c1-2-14-12-16-15-11(18-12)8-17-7-9-5-3-4-6-10(9)13/h3-6H,2,7-8H2,1H3,(H,14,16). The van der Waals surface area contributed by atoms with Gasteiger partial charge in [-0.25, -0.2) is 0 Å². The molecule has 0 aliphatic heterocycles. The van der Waals surface area contributed by atoms with E-state index in [1.165, 1.54) is 11.3 Å². The normalized spacial score (nSPS) is 10.6. The van der Waals surface area contributed by atoms with Gasteiger partial charge in [-0.3, -0.25) is 0 Å². The van der Waals surface area contributed by atoms with E-state index in [2.05, 4.69) is 31.4 Å². The lowest BCUT2D eigenvalue weighted by atomic mass is 10.2. The van der Waals surface area contributed by atoms with Crippen LogP contribution >= 0.6 is 27.3 Å². The molecule has 1 N–H and O–H groups in total. The van der Waals surface area contributed by atoms with Gasteiger partial charge in [0.15, 0.2) is 0 Å². The van der Waals surface area contributed by atoms with E-state index in [1.54, 1.807) is 0 Å². The van der Waals surface area contributed by atoms with Crippen molar-refractivity contribution in [3.8, 4) is 0 Å². The molecule has 0 radical (unpaired) electrons. The van der Waals surface area contributed by atoms with Crippen molar-refractivity contribution in [1.82, 2.24) is 10.2 Å². The number of halogens is 1. The molecule has 2 rings (SSSR count). The molecule has 6 heteroatoms. The minimum atomic E-state index is 0.490. The first kappa shape index (κ1) is 13.5. The number of ether oxygens (including phenoxy) is 1. The molecule has 0 aliphatic rings. The Morgan fingerprint density at radius 2 is 2.11 bits per heavy atom. The monoisotopic (exact) mass is 327 g/mol. The van der Waals surface area contributed by atoms with Crippen LogP contribution in [0.25, 0.3) is 0 Å². The van der Waals surface area contributed by atoms with Crippen molar-refractivity contribution in [3.63, 3.8) is 0 Å². The molecular formula is C12H14BrN3OS. The summed E-state index contributed by atoms with van der Waals surface area (Å²) in [6.07, 6.45) is 0. The van der Waals surface area contributed by atoms with E-state index in [0.717, 1.165) is 26.7 Å². The van der Waals surface area contributed by atoms with Crippen molar-refractivity contribution in [3.05, 3.63) is 39.3 Å². The second-order valence-corrected chi connectivity index (χ2v) is 5.53. The Balaban J connectivity index is 1.83.